The van der Waals surface area contributed by atoms with Crippen LogP contribution in [0.25, 0.3) is 74.8 Å². The van der Waals surface area contributed by atoms with Crippen LogP contribution in [0.3, 0.4) is 0 Å². The summed E-state index contributed by atoms with van der Waals surface area (Å²) in [6.45, 7) is 10.0. The summed E-state index contributed by atoms with van der Waals surface area (Å²) in [5.74, 6) is -1.73. The predicted octanol–water partition coefficient (Wildman–Crippen LogP) is 7.46. The summed E-state index contributed by atoms with van der Waals surface area (Å²) >= 11 is 0. The molecule has 0 radical (unpaired) electrons. The Morgan fingerprint density at radius 1 is 0.407 bits per heavy atom. The van der Waals surface area contributed by atoms with E-state index < -0.39 is 36.0 Å². The molecule has 39 heteroatoms. The van der Waals surface area contributed by atoms with Gasteiger partial charge in [0.25, 0.3) is 0 Å². The second-order valence-corrected chi connectivity index (χ2v) is 17.8. The van der Waals surface area contributed by atoms with Crippen molar-refractivity contribution in [1.29, 1.82) is 0 Å². The second kappa shape index (κ2) is 32.9. The van der Waals surface area contributed by atoms with Crippen LogP contribution in [-0.4, -0.2) is 104 Å². The van der Waals surface area contributed by atoms with E-state index in [1.54, 1.807) is 18.6 Å². The van der Waals surface area contributed by atoms with Gasteiger partial charge in [0.05, 0.1) is 17.1 Å². The Morgan fingerprint density at radius 2 is 0.769 bits per heavy atom. The molecule has 0 aliphatic rings. The van der Waals surface area contributed by atoms with Crippen LogP contribution in [0.15, 0.2) is 141 Å². The second-order valence-electron chi connectivity index (χ2n) is 17.8. The zero-order valence-electron chi connectivity index (χ0n) is 47.3. The normalized spacial score (nSPS) is 10.9. The van der Waals surface area contributed by atoms with E-state index in [-0.39, 0.29) is 97.8 Å². The molecular weight excluding hydrogens is 1760 g/mol. The largest absolute Gasteiger partial charge is 2.00 e. The molecule has 0 aliphatic carbocycles. The number of halogens is 9. The van der Waals surface area contributed by atoms with Gasteiger partial charge in [-0.05, 0) is 82.4 Å². The Labute approximate surface area is 551 Å². The first-order valence-electron chi connectivity index (χ1n) is 25.2. The van der Waals surface area contributed by atoms with Crippen molar-refractivity contribution in [3.05, 3.63) is 176 Å². The third-order valence-electron chi connectivity index (χ3n) is 10.9. The Hall–Kier alpha value is -9.43. The summed E-state index contributed by atoms with van der Waals surface area (Å²) in [5.41, 5.74) is 6.92. The van der Waals surface area contributed by atoms with E-state index in [1.807, 2.05) is 104 Å². The molecule has 0 atom stereocenters. The Morgan fingerprint density at radius 3 is 1.10 bits per heavy atom. The molecule has 0 amide bonds. The Kier molecular flexibility index (Phi) is 26.1. The van der Waals surface area contributed by atoms with Crippen LogP contribution in [0.1, 0.15) is 54.4 Å². The molecule has 91 heavy (non-hydrogen) atoms. The SMILES string of the molecule is Cc1cc(-c2nccn2-c2ccccc2)[n-]n1.Cc1cc(-c2nccn2C(C)C)[n-]n1.Cc1cc(-c2nccn2C)[n-]n1.FC(F)(F)c1n[n-]c(-c2ccncn2)n1.FC(F)(F)c1n[n-]c(-c2ccncn2)n1.FC(F)(F)c1n[n-]c(-c2ccncn2)n1.[Pt+2].[Pt+2].[Pt+2]. The molecule has 13 aromatic rings. The maximum absolute atomic E-state index is 12.1. The molecule has 27 nitrogen and oxygen atoms in total. The molecule has 478 valence electrons. The molecule has 12 aromatic heterocycles. The minimum atomic E-state index is -4.59. The van der Waals surface area contributed by atoms with Crippen molar-refractivity contribution in [3.63, 3.8) is 0 Å². The predicted molar refractivity (Wildman–Crippen MR) is 287 cm³/mol. The molecule has 0 saturated heterocycles. The maximum atomic E-state index is 12.1. The quantitative estimate of drug-likeness (QED) is 0.133. The fraction of sp³-hybridized carbons (Fsp3) is 0.192. The van der Waals surface area contributed by atoms with E-state index in [1.165, 1.54) is 55.8 Å². The summed E-state index contributed by atoms with van der Waals surface area (Å²) in [4.78, 5) is 44.4. The van der Waals surface area contributed by atoms with Crippen LogP contribution in [0.5, 0.6) is 0 Å². The van der Waals surface area contributed by atoms with Gasteiger partial charge in [0.2, 0.25) is 0 Å². The topological polar surface area (TPSA) is 331 Å². The average molecular weight is 1800 g/mol. The number of alkyl halides is 9. The molecule has 13 rings (SSSR count). The van der Waals surface area contributed by atoms with Crippen molar-refractivity contribution >= 4 is 0 Å². The molecule has 0 aliphatic heterocycles. The van der Waals surface area contributed by atoms with Crippen LogP contribution in [0, 0.1) is 20.8 Å². The number of rotatable bonds is 8. The molecule has 12 heterocycles. The molecular formula is C52H42F9N27Pt3. The fourth-order valence-corrected chi connectivity index (χ4v) is 7.00. The summed E-state index contributed by atoms with van der Waals surface area (Å²) in [7, 11) is 1.94. The number of nitrogens with zero attached hydrogens (tertiary/aromatic N) is 27. The Bertz CT molecular complexity index is 3980. The number of aromatic nitrogens is 27. The van der Waals surface area contributed by atoms with E-state index in [0.29, 0.717) is 6.04 Å². The zero-order chi connectivity index (χ0) is 63.0. The van der Waals surface area contributed by atoms with Crippen molar-refractivity contribution < 1.29 is 103 Å². The number of hydrogen-bond donors (Lipinski definition) is 0. The fourth-order valence-electron chi connectivity index (χ4n) is 7.00. The summed E-state index contributed by atoms with van der Waals surface area (Å²) < 4.78 is 115. The van der Waals surface area contributed by atoms with Gasteiger partial charge < -0.3 is 74.5 Å². The number of benzene rings is 1. The van der Waals surface area contributed by atoms with Gasteiger partial charge in [0.15, 0.2) is 0 Å². The van der Waals surface area contributed by atoms with E-state index in [4.69, 9.17) is 0 Å². The van der Waals surface area contributed by atoms with Gasteiger partial charge in [0, 0.05) is 91.6 Å². The molecule has 0 bridgehead atoms. The first-order valence-corrected chi connectivity index (χ1v) is 25.2. The molecule has 1 aromatic carbocycles. The van der Waals surface area contributed by atoms with E-state index in [9.17, 15) is 39.5 Å². The van der Waals surface area contributed by atoms with E-state index in [2.05, 4.69) is 139 Å². The number of aryl methyl sites for hydroxylation is 4. The van der Waals surface area contributed by atoms with Crippen LogP contribution >= 0.6 is 0 Å². The van der Waals surface area contributed by atoms with Crippen LogP contribution in [0.4, 0.5) is 39.5 Å². The summed E-state index contributed by atoms with van der Waals surface area (Å²) in [6, 6.07) is 20.5. The van der Waals surface area contributed by atoms with Gasteiger partial charge in [-0.15, -0.1) is 0 Å². The standard InChI is InChI=1S/C13H11N4.C10H13N4.C8H9N4.3C7H3F3N5.3Pt/c1-10-9-12(16-15-10)13-14-7-8-17(13)11-5-3-2-4-6-11;1-7(2)14-5-4-11-10(14)9-6-8(3)12-13-9;1-6-5-7(11-10-6)8-9-3-4-12(8)2;3*8-7(9,10)6-13-5(14-15-6)4-1-2-11-3-12-4;;;/h2-9H,1H3;4-7H,1-3H3;3-5H,1-2H3;3*1-3H;;;/q6*-1;3*+2. The minimum Gasteiger partial charge on any atom is -0.572 e. The monoisotopic (exact) mass is 1800 g/mol. The minimum absolute atomic E-state index is 0. The van der Waals surface area contributed by atoms with Gasteiger partial charge in [-0.1, -0.05) is 53.5 Å². The van der Waals surface area contributed by atoms with Crippen molar-refractivity contribution in [2.24, 2.45) is 7.05 Å². The van der Waals surface area contributed by atoms with Gasteiger partial charge in [-0.25, -0.2) is 44.9 Å². The van der Waals surface area contributed by atoms with E-state index >= 15 is 0 Å². The van der Waals surface area contributed by atoms with Gasteiger partial charge >= 0.3 is 81.7 Å². The molecule has 0 N–H and O–H groups in total. The number of para-hydroxylation sites is 1. The maximum Gasteiger partial charge on any atom is 2.00 e. The van der Waals surface area contributed by atoms with Crippen LogP contribution in [0.2, 0.25) is 0 Å². The molecule has 0 spiro atoms. The first kappa shape index (κ1) is 72.3. The average Bonchev–Trinajstić information content (AvgIpc) is 4.08. The van der Waals surface area contributed by atoms with Gasteiger partial charge in [-0.2, -0.15) is 39.5 Å². The summed E-state index contributed by atoms with van der Waals surface area (Å²) in [6.07, 6.45) is 5.05. The Balaban J connectivity index is 0.000000198. The number of imidazole rings is 3. The van der Waals surface area contributed by atoms with Crippen molar-refractivity contribution in [1.82, 2.24) is 135 Å². The third-order valence-corrected chi connectivity index (χ3v) is 10.9. The van der Waals surface area contributed by atoms with Gasteiger partial charge in [-0.3, -0.25) is 15.3 Å². The van der Waals surface area contributed by atoms with Crippen molar-refractivity contribution in [2.45, 2.75) is 59.2 Å². The van der Waals surface area contributed by atoms with Crippen LogP contribution < -0.4 is 30.6 Å². The summed E-state index contributed by atoms with van der Waals surface area (Å²) in [5, 5.41) is 42.6. The molecule has 0 saturated carbocycles. The third kappa shape index (κ3) is 20.3. The smallest absolute Gasteiger partial charge is 0.572 e. The zero-order valence-corrected chi connectivity index (χ0v) is 54.1. The molecule has 0 unspecified atom stereocenters. The number of hydrogen-bond acceptors (Lipinski definition) is 18. The first-order chi connectivity index (χ1) is 42.0. The van der Waals surface area contributed by atoms with Crippen LogP contribution in [-0.2, 0) is 88.8 Å². The van der Waals surface area contributed by atoms with Gasteiger partial charge in [0.1, 0.15) is 53.9 Å². The van der Waals surface area contributed by atoms with Crippen molar-refractivity contribution in [3.8, 4) is 74.8 Å². The molecule has 0 fully saturated rings. The van der Waals surface area contributed by atoms with E-state index in [0.717, 1.165) is 57.3 Å². The van der Waals surface area contributed by atoms with Crippen molar-refractivity contribution in [2.75, 3.05) is 0 Å².